The Morgan fingerprint density at radius 3 is 2.11 bits per heavy atom. The minimum atomic E-state index is -0.895. The number of carboxylic acid groups (broad SMARTS) is 1. The molecule has 1 saturated heterocycles. The standard InChI is InChI=1S/C13H25N3O3/c1-8-6-16(7-9(2)15(8)5)13(19)14-11(4)10(3)12(17)18/h8-11H,6-7H2,1-5H3,(H,14,19)(H,17,18). The molecule has 1 heterocycles. The molecule has 1 rings (SSSR count). The molecule has 6 heteroatoms. The fourth-order valence-corrected chi connectivity index (χ4v) is 2.20. The zero-order valence-corrected chi connectivity index (χ0v) is 12.4. The molecule has 0 radical (unpaired) electrons. The maximum atomic E-state index is 12.1. The van der Waals surface area contributed by atoms with Crippen LogP contribution in [0.5, 0.6) is 0 Å². The van der Waals surface area contributed by atoms with Crippen molar-refractivity contribution in [3.8, 4) is 0 Å². The maximum absolute atomic E-state index is 12.1. The van der Waals surface area contributed by atoms with Gasteiger partial charge in [0.2, 0.25) is 0 Å². The van der Waals surface area contributed by atoms with Crippen molar-refractivity contribution < 1.29 is 14.7 Å². The number of likely N-dealkylation sites (N-methyl/N-ethyl adjacent to an activating group) is 1. The van der Waals surface area contributed by atoms with Crippen molar-refractivity contribution in [1.82, 2.24) is 15.1 Å². The van der Waals surface area contributed by atoms with E-state index in [0.717, 1.165) is 0 Å². The molecule has 1 aliphatic rings. The Balaban J connectivity index is 2.57. The summed E-state index contributed by atoms with van der Waals surface area (Å²) in [5.74, 6) is -1.49. The number of hydrogen-bond acceptors (Lipinski definition) is 3. The smallest absolute Gasteiger partial charge is 0.317 e. The molecule has 2 N–H and O–H groups in total. The van der Waals surface area contributed by atoms with E-state index in [1.165, 1.54) is 0 Å². The molecular weight excluding hydrogens is 246 g/mol. The number of carbonyl (C=O) groups is 2. The van der Waals surface area contributed by atoms with Gasteiger partial charge in [-0.2, -0.15) is 0 Å². The van der Waals surface area contributed by atoms with Crippen LogP contribution < -0.4 is 5.32 Å². The normalized spacial score (nSPS) is 27.7. The molecule has 0 bridgehead atoms. The summed E-state index contributed by atoms with van der Waals surface area (Å²) in [6, 6.07) is 0.0612. The van der Waals surface area contributed by atoms with E-state index in [1.54, 1.807) is 18.7 Å². The Morgan fingerprint density at radius 1 is 1.21 bits per heavy atom. The maximum Gasteiger partial charge on any atom is 0.317 e. The number of carbonyl (C=O) groups excluding carboxylic acids is 1. The highest BCUT2D eigenvalue weighted by atomic mass is 16.4. The third-order valence-electron chi connectivity index (χ3n) is 4.14. The van der Waals surface area contributed by atoms with Gasteiger partial charge in [0.15, 0.2) is 0 Å². The van der Waals surface area contributed by atoms with Crippen molar-refractivity contribution in [1.29, 1.82) is 0 Å². The molecule has 6 nitrogen and oxygen atoms in total. The second kappa shape index (κ2) is 6.23. The first-order chi connectivity index (χ1) is 8.73. The highest BCUT2D eigenvalue weighted by Crippen LogP contribution is 2.14. The van der Waals surface area contributed by atoms with Gasteiger partial charge < -0.3 is 15.3 Å². The first-order valence-electron chi connectivity index (χ1n) is 6.74. The van der Waals surface area contributed by atoms with Gasteiger partial charge in [0.25, 0.3) is 0 Å². The van der Waals surface area contributed by atoms with Crippen molar-refractivity contribution in [2.45, 2.75) is 45.8 Å². The van der Waals surface area contributed by atoms with Crippen LogP contribution in [0.4, 0.5) is 4.79 Å². The third kappa shape index (κ3) is 3.83. The minimum absolute atomic E-state index is 0.174. The van der Waals surface area contributed by atoms with Crippen LogP contribution in [-0.4, -0.2) is 65.2 Å². The van der Waals surface area contributed by atoms with Gasteiger partial charge in [-0.1, -0.05) is 0 Å². The van der Waals surface area contributed by atoms with Gasteiger partial charge in [-0.25, -0.2) is 4.79 Å². The SMILES string of the molecule is CC(NC(=O)N1CC(C)N(C)C(C)C1)C(C)C(=O)O. The molecule has 2 amide bonds. The molecule has 0 aromatic carbocycles. The summed E-state index contributed by atoms with van der Waals surface area (Å²) in [6.45, 7) is 8.82. The predicted molar refractivity (Wildman–Crippen MR) is 73.1 cm³/mol. The molecule has 1 fully saturated rings. The lowest BCUT2D eigenvalue weighted by atomic mass is 10.0. The molecule has 4 atom stereocenters. The third-order valence-corrected chi connectivity index (χ3v) is 4.14. The number of aliphatic carboxylic acids is 1. The number of nitrogens with one attached hydrogen (secondary N) is 1. The largest absolute Gasteiger partial charge is 0.481 e. The highest BCUT2D eigenvalue weighted by molar-refractivity contribution is 5.76. The van der Waals surface area contributed by atoms with E-state index < -0.39 is 11.9 Å². The van der Waals surface area contributed by atoms with Gasteiger partial charge >= 0.3 is 12.0 Å². The van der Waals surface area contributed by atoms with Crippen LogP contribution in [0, 0.1) is 5.92 Å². The van der Waals surface area contributed by atoms with E-state index in [9.17, 15) is 9.59 Å². The molecular formula is C13H25N3O3. The van der Waals surface area contributed by atoms with E-state index in [4.69, 9.17) is 5.11 Å². The molecule has 0 aromatic heterocycles. The number of rotatable bonds is 3. The number of hydrogen-bond donors (Lipinski definition) is 2. The lowest BCUT2D eigenvalue weighted by Crippen LogP contribution is -2.59. The van der Waals surface area contributed by atoms with Gasteiger partial charge in [0.05, 0.1) is 5.92 Å². The van der Waals surface area contributed by atoms with Gasteiger partial charge in [-0.05, 0) is 34.7 Å². The van der Waals surface area contributed by atoms with Crippen LogP contribution in [0.3, 0.4) is 0 Å². The highest BCUT2D eigenvalue weighted by Gasteiger charge is 2.30. The van der Waals surface area contributed by atoms with Crippen LogP contribution in [0.2, 0.25) is 0 Å². The van der Waals surface area contributed by atoms with E-state index in [1.807, 2.05) is 0 Å². The fourth-order valence-electron chi connectivity index (χ4n) is 2.20. The molecule has 0 aromatic rings. The Kier molecular flexibility index (Phi) is 5.17. The van der Waals surface area contributed by atoms with Crippen LogP contribution in [0.1, 0.15) is 27.7 Å². The van der Waals surface area contributed by atoms with E-state index in [2.05, 4.69) is 31.1 Å². The van der Waals surface area contributed by atoms with Crippen LogP contribution in [-0.2, 0) is 4.79 Å². The Hall–Kier alpha value is -1.30. The summed E-state index contributed by atoms with van der Waals surface area (Å²) < 4.78 is 0. The van der Waals surface area contributed by atoms with Crippen molar-refractivity contribution in [2.24, 2.45) is 5.92 Å². The van der Waals surface area contributed by atoms with E-state index >= 15 is 0 Å². The monoisotopic (exact) mass is 271 g/mol. The number of nitrogens with zero attached hydrogens (tertiary/aromatic N) is 2. The minimum Gasteiger partial charge on any atom is -0.481 e. The Labute approximate surface area is 114 Å². The number of piperazine rings is 1. The summed E-state index contributed by atoms with van der Waals surface area (Å²) in [4.78, 5) is 27.0. The average molecular weight is 271 g/mol. The zero-order valence-electron chi connectivity index (χ0n) is 12.4. The van der Waals surface area contributed by atoms with Crippen LogP contribution in [0.15, 0.2) is 0 Å². The molecule has 4 unspecified atom stereocenters. The summed E-state index contributed by atoms with van der Waals surface area (Å²) in [6.07, 6.45) is 0. The van der Waals surface area contributed by atoms with Crippen molar-refractivity contribution in [3.05, 3.63) is 0 Å². The Morgan fingerprint density at radius 2 is 1.68 bits per heavy atom. The van der Waals surface area contributed by atoms with Crippen LogP contribution >= 0.6 is 0 Å². The van der Waals surface area contributed by atoms with Gasteiger partial charge in [-0.3, -0.25) is 9.69 Å². The molecule has 0 saturated carbocycles. The quantitative estimate of drug-likeness (QED) is 0.797. The second-order valence-electron chi connectivity index (χ2n) is 5.63. The van der Waals surface area contributed by atoms with E-state index in [0.29, 0.717) is 25.2 Å². The first kappa shape index (κ1) is 15.8. The van der Waals surface area contributed by atoms with Crippen molar-refractivity contribution in [3.63, 3.8) is 0 Å². The number of carboxylic acids is 1. The summed E-state index contributed by atoms with van der Waals surface area (Å²) in [5.41, 5.74) is 0. The second-order valence-corrected chi connectivity index (χ2v) is 5.63. The van der Waals surface area contributed by atoms with Crippen molar-refractivity contribution >= 4 is 12.0 Å². The predicted octanol–water partition coefficient (Wildman–Crippen LogP) is 0.830. The number of urea groups is 1. The lowest BCUT2D eigenvalue weighted by molar-refractivity contribution is -0.141. The fraction of sp³-hybridized carbons (Fsp3) is 0.846. The molecule has 19 heavy (non-hydrogen) atoms. The molecule has 0 spiro atoms. The van der Waals surface area contributed by atoms with Gasteiger partial charge in [0, 0.05) is 31.2 Å². The number of amides is 2. The van der Waals surface area contributed by atoms with Crippen LogP contribution in [0.25, 0.3) is 0 Å². The zero-order chi connectivity index (χ0) is 14.7. The topological polar surface area (TPSA) is 72.9 Å². The average Bonchev–Trinajstić information content (AvgIpc) is 2.33. The summed E-state index contributed by atoms with van der Waals surface area (Å²) in [7, 11) is 2.06. The van der Waals surface area contributed by atoms with E-state index in [-0.39, 0.29) is 12.1 Å². The molecule has 1 aliphatic heterocycles. The summed E-state index contributed by atoms with van der Waals surface area (Å²) >= 11 is 0. The first-order valence-corrected chi connectivity index (χ1v) is 6.74. The lowest BCUT2D eigenvalue weighted by Gasteiger charge is -2.42. The summed E-state index contributed by atoms with van der Waals surface area (Å²) in [5, 5.41) is 11.7. The van der Waals surface area contributed by atoms with Gasteiger partial charge in [-0.15, -0.1) is 0 Å². The molecule has 0 aliphatic carbocycles. The molecule has 110 valence electrons. The Bertz CT molecular complexity index is 336. The van der Waals surface area contributed by atoms with Crippen molar-refractivity contribution in [2.75, 3.05) is 20.1 Å². The van der Waals surface area contributed by atoms with Gasteiger partial charge in [0.1, 0.15) is 0 Å².